The molecule has 1 aliphatic rings. The van der Waals surface area contributed by atoms with Crippen LogP contribution in [0.4, 0.5) is 5.69 Å². The van der Waals surface area contributed by atoms with E-state index in [0.717, 1.165) is 18.4 Å². The molecule has 3 aromatic rings. The number of carbonyl (C=O) groups excluding carboxylic acids is 2. The van der Waals surface area contributed by atoms with Gasteiger partial charge in [-0.2, -0.15) is 0 Å². The first-order valence-corrected chi connectivity index (χ1v) is 10.3. The molecule has 2 amide bonds. The Bertz CT molecular complexity index is 1080. The van der Waals surface area contributed by atoms with Crippen LogP contribution in [0.5, 0.6) is 5.75 Å². The number of piperidine rings is 1. The van der Waals surface area contributed by atoms with Crippen LogP contribution in [-0.2, 0) is 4.79 Å². The number of rotatable bonds is 4. The van der Waals surface area contributed by atoms with Crippen LogP contribution in [0.3, 0.4) is 0 Å². The number of carbonyl (C=O) groups is 2. The predicted octanol–water partition coefficient (Wildman–Crippen LogP) is 3.65. The van der Waals surface area contributed by atoms with Crippen molar-refractivity contribution >= 4 is 17.5 Å². The number of aromatic hydroxyl groups is 1. The van der Waals surface area contributed by atoms with E-state index in [-0.39, 0.29) is 23.5 Å². The van der Waals surface area contributed by atoms with Crippen LogP contribution in [-0.4, -0.2) is 44.9 Å². The van der Waals surface area contributed by atoms with Gasteiger partial charge < -0.3 is 15.3 Å². The second kappa shape index (κ2) is 8.95. The number of likely N-dealkylation sites (tertiary alicyclic amines) is 1. The summed E-state index contributed by atoms with van der Waals surface area (Å²) < 4.78 is 0. The van der Waals surface area contributed by atoms with Crippen molar-refractivity contribution in [3.63, 3.8) is 0 Å². The smallest absolute Gasteiger partial charge is 0.253 e. The standard InChI is InChI=1S/C24H24N4O3/c1-16-7-9-17(10-8-16)24(31)28-11-3-5-19(15-28)23(30)27-20-13-25-22(26-14-20)18-4-2-6-21(29)12-18/h2,4,6-10,12-14,19,29H,3,5,11,15H2,1H3,(H,27,30). The van der Waals surface area contributed by atoms with Gasteiger partial charge >= 0.3 is 0 Å². The number of hydrogen-bond donors (Lipinski definition) is 2. The van der Waals surface area contributed by atoms with Gasteiger partial charge in [-0.1, -0.05) is 29.8 Å². The molecule has 0 radical (unpaired) electrons. The molecule has 1 saturated heterocycles. The second-order valence-corrected chi connectivity index (χ2v) is 7.79. The summed E-state index contributed by atoms with van der Waals surface area (Å²) in [7, 11) is 0. The maximum Gasteiger partial charge on any atom is 0.253 e. The van der Waals surface area contributed by atoms with E-state index in [4.69, 9.17) is 0 Å². The number of phenols is 1. The zero-order valence-corrected chi connectivity index (χ0v) is 17.3. The molecule has 1 fully saturated rings. The number of aromatic nitrogens is 2. The van der Waals surface area contributed by atoms with E-state index in [9.17, 15) is 14.7 Å². The molecule has 2 aromatic carbocycles. The number of hydrogen-bond acceptors (Lipinski definition) is 5. The third-order valence-corrected chi connectivity index (χ3v) is 5.40. The summed E-state index contributed by atoms with van der Waals surface area (Å²) in [5, 5.41) is 12.5. The van der Waals surface area contributed by atoms with E-state index < -0.39 is 0 Å². The molecule has 0 spiro atoms. The van der Waals surface area contributed by atoms with Crippen molar-refractivity contribution in [3.8, 4) is 17.1 Å². The number of nitrogens with one attached hydrogen (secondary N) is 1. The maximum atomic E-state index is 12.8. The van der Waals surface area contributed by atoms with Gasteiger partial charge in [0.2, 0.25) is 5.91 Å². The van der Waals surface area contributed by atoms with Crippen LogP contribution < -0.4 is 5.32 Å². The molecule has 2 N–H and O–H groups in total. The average molecular weight is 416 g/mol. The Morgan fingerprint density at radius 1 is 1.10 bits per heavy atom. The Kier molecular flexibility index (Phi) is 5.93. The summed E-state index contributed by atoms with van der Waals surface area (Å²) in [6.07, 6.45) is 4.60. The van der Waals surface area contributed by atoms with Crippen molar-refractivity contribution < 1.29 is 14.7 Å². The Hall–Kier alpha value is -3.74. The van der Waals surface area contributed by atoms with Crippen LogP contribution in [0.25, 0.3) is 11.4 Å². The lowest BCUT2D eigenvalue weighted by molar-refractivity contribution is -0.121. The van der Waals surface area contributed by atoms with Gasteiger partial charge in [-0.15, -0.1) is 0 Å². The molecule has 0 aliphatic carbocycles. The molecule has 4 rings (SSSR count). The molecule has 1 aliphatic heterocycles. The highest BCUT2D eigenvalue weighted by atomic mass is 16.3. The minimum atomic E-state index is -0.283. The fourth-order valence-corrected chi connectivity index (χ4v) is 3.69. The summed E-state index contributed by atoms with van der Waals surface area (Å²) in [4.78, 5) is 35.9. The molecule has 1 unspecified atom stereocenters. The SMILES string of the molecule is Cc1ccc(C(=O)N2CCCC(C(=O)Nc3cnc(-c4cccc(O)c4)nc3)C2)cc1. The van der Waals surface area contributed by atoms with Crippen molar-refractivity contribution in [2.45, 2.75) is 19.8 Å². The number of phenolic OH excluding ortho intramolecular Hbond substituents is 1. The van der Waals surface area contributed by atoms with E-state index in [1.807, 2.05) is 31.2 Å². The van der Waals surface area contributed by atoms with Gasteiger partial charge in [0.25, 0.3) is 5.91 Å². The van der Waals surface area contributed by atoms with Gasteiger partial charge in [-0.25, -0.2) is 9.97 Å². The fraction of sp³-hybridized carbons (Fsp3) is 0.250. The third-order valence-electron chi connectivity index (χ3n) is 5.40. The molecule has 0 saturated carbocycles. The molecular weight excluding hydrogens is 392 g/mol. The number of aryl methyl sites for hydroxylation is 1. The highest BCUT2D eigenvalue weighted by Crippen LogP contribution is 2.22. The minimum Gasteiger partial charge on any atom is -0.508 e. The quantitative estimate of drug-likeness (QED) is 0.677. The Balaban J connectivity index is 1.39. The molecule has 158 valence electrons. The van der Waals surface area contributed by atoms with Crippen LogP contribution >= 0.6 is 0 Å². The Morgan fingerprint density at radius 3 is 2.55 bits per heavy atom. The molecule has 31 heavy (non-hydrogen) atoms. The molecule has 7 heteroatoms. The lowest BCUT2D eigenvalue weighted by Crippen LogP contribution is -2.43. The summed E-state index contributed by atoms with van der Waals surface area (Å²) >= 11 is 0. The van der Waals surface area contributed by atoms with Crippen LogP contribution in [0.15, 0.2) is 60.9 Å². The largest absolute Gasteiger partial charge is 0.508 e. The highest BCUT2D eigenvalue weighted by Gasteiger charge is 2.29. The van der Waals surface area contributed by atoms with Gasteiger partial charge in [0, 0.05) is 24.2 Å². The lowest BCUT2D eigenvalue weighted by atomic mass is 9.96. The third kappa shape index (κ3) is 4.88. The van der Waals surface area contributed by atoms with Crippen LogP contribution in [0.1, 0.15) is 28.8 Å². The van der Waals surface area contributed by atoms with E-state index in [1.54, 1.807) is 41.6 Å². The zero-order valence-electron chi connectivity index (χ0n) is 17.3. The Labute approximate surface area is 180 Å². The molecule has 1 atom stereocenters. The monoisotopic (exact) mass is 416 g/mol. The number of amides is 2. The summed E-state index contributed by atoms with van der Waals surface area (Å²) in [6, 6.07) is 14.2. The first kappa shape index (κ1) is 20.5. The van der Waals surface area contributed by atoms with Crippen molar-refractivity contribution in [2.75, 3.05) is 18.4 Å². The summed E-state index contributed by atoms with van der Waals surface area (Å²) in [5.41, 5.74) is 2.93. The highest BCUT2D eigenvalue weighted by molar-refractivity contribution is 5.96. The normalized spacial score (nSPS) is 16.0. The molecular formula is C24H24N4O3. The van der Waals surface area contributed by atoms with Crippen molar-refractivity contribution in [3.05, 3.63) is 72.1 Å². The fourth-order valence-electron chi connectivity index (χ4n) is 3.69. The van der Waals surface area contributed by atoms with E-state index in [2.05, 4.69) is 15.3 Å². The minimum absolute atomic E-state index is 0.0451. The van der Waals surface area contributed by atoms with Gasteiger partial charge in [-0.05, 0) is 44.0 Å². The first-order chi connectivity index (χ1) is 15.0. The topological polar surface area (TPSA) is 95.4 Å². The van der Waals surface area contributed by atoms with E-state index in [1.165, 1.54) is 0 Å². The van der Waals surface area contributed by atoms with Crippen molar-refractivity contribution in [2.24, 2.45) is 5.92 Å². The summed E-state index contributed by atoms with van der Waals surface area (Å²) in [6.45, 7) is 3.02. The van der Waals surface area contributed by atoms with Crippen LogP contribution in [0.2, 0.25) is 0 Å². The van der Waals surface area contributed by atoms with E-state index >= 15 is 0 Å². The number of nitrogens with zero attached hydrogens (tertiary/aromatic N) is 3. The molecule has 2 heterocycles. The second-order valence-electron chi connectivity index (χ2n) is 7.79. The average Bonchev–Trinajstić information content (AvgIpc) is 2.80. The first-order valence-electron chi connectivity index (χ1n) is 10.3. The van der Waals surface area contributed by atoms with Gasteiger partial charge in [-0.3, -0.25) is 9.59 Å². The summed E-state index contributed by atoms with van der Waals surface area (Å²) in [5.74, 6) is 0.127. The number of anilines is 1. The van der Waals surface area contributed by atoms with Gasteiger partial charge in [0.15, 0.2) is 5.82 Å². The van der Waals surface area contributed by atoms with Gasteiger partial charge in [0.05, 0.1) is 24.0 Å². The molecule has 1 aromatic heterocycles. The maximum absolute atomic E-state index is 12.8. The zero-order chi connectivity index (χ0) is 21.8. The lowest BCUT2D eigenvalue weighted by Gasteiger charge is -2.32. The molecule has 7 nitrogen and oxygen atoms in total. The molecule has 0 bridgehead atoms. The van der Waals surface area contributed by atoms with Crippen molar-refractivity contribution in [1.29, 1.82) is 0 Å². The van der Waals surface area contributed by atoms with Gasteiger partial charge in [0.1, 0.15) is 5.75 Å². The van der Waals surface area contributed by atoms with Crippen LogP contribution in [0, 0.1) is 12.8 Å². The number of benzene rings is 2. The predicted molar refractivity (Wildman–Crippen MR) is 118 cm³/mol. The van der Waals surface area contributed by atoms with Crippen molar-refractivity contribution in [1.82, 2.24) is 14.9 Å². The van der Waals surface area contributed by atoms with E-state index in [0.29, 0.717) is 35.7 Å². The Morgan fingerprint density at radius 2 is 1.84 bits per heavy atom.